The number of halogens is 3. The summed E-state index contributed by atoms with van der Waals surface area (Å²) in [6, 6.07) is 8.78. The molecule has 1 aromatic carbocycles. The van der Waals surface area contributed by atoms with Gasteiger partial charge in [0.1, 0.15) is 6.54 Å². The van der Waals surface area contributed by atoms with Crippen LogP contribution in [0.4, 0.5) is 13.2 Å². The van der Waals surface area contributed by atoms with Gasteiger partial charge in [-0.1, -0.05) is 30.3 Å². The van der Waals surface area contributed by atoms with E-state index in [0.29, 0.717) is 18.5 Å². The molecule has 1 saturated heterocycles. The Morgan fingerprint density at radius 2 is 2.00 bits per heavy atom. The highest BCUT2D eigenvalue weighted by molar-refractivity contribution is 5.79. The molecule has 0 bridgehead atoms. The lowest BCUT2D eigenvalue weighted by Gasteiger charge is -2.30. The van der Waals surface area contributed by atoms with Crippen LogP contribution in [-0.4, -0.2) is 36.6 Å². The zero-order valence-electron chi connectivity index (χ0n) is 11.7. The third kappa shape index (κ3) is 5.04. The van der Waals surface area contributed by atoms with E-state index in [-0.39, 0.29) is 12.5 Å². The molecule has 116 valence electrons. The Bertz CT molecular complexity index is 456. The van der Waals surface area contributed by atoms with E-state index in [4.69, 9.17) is 0 Å². The number of alkyl halides is 3. The van der Waals surface area contributed by atoms with Gasteiger partial charge in [0.15, 0.2) is 0 Å². The van der Waals surface area contributed by atoms with E-state index in [1.54, 1.807) is 30.3 Å². The Hall–Kier alpha value is -1.56. The minimum absolute atomic E-state index is 0.00428. The van der Waals surface area contributed by atoms with E-state index >= 15 is 0 Å². The molecule has 0 unspecified atom stereocenters. The smallest absolute Gasteiger partial charge is 0.329 e. The van der Waals surface area contributed by atoms with Gasteiger partial charge in [-0.3, -0.25) is 4.79 Å². The summed E-state index contributed by atoms with van der Waals surface area (Å²) in [5, 5.41) is 3.07. The van der Waals surface area contributed by atoms with Crippen LogP contribution in [-0.2, 0) is 11.3 Å². The van der Waals surface area contributed by atoms with E-state index in [0.717, 1.165) is 17.9 Å². The van der Waals surface area contributed by atoms with Crippen LogP contribution in [0.1, 0.15) is 18.4 Å². The van der Waals surface area contributed by atoms with Crippen molar-refractivity contribution in [2.75, 3.05) is 19.6 Å². The molecule has 1 atom stereocenters. The lowest BCUT2D eigenvalue weighted by Crippen LogP contribution is -2.46. The summed E-state index contributed by atoms with van der Waals surface area (Å²) in [6.45, 7) is 0.0800. The molecule has 1 fully saturated rings. The molecule has 1 aromatic rings. The van der Waals surface area contributed by atoms with Crippen molar-refractivity contribution in [1.29, 1.82) is 0 Å². The van der Waals surface area contributed by atoms with E-state index in [2.05, 4.69) is 5.32 Å². The van der Waals surface area contributed by atoms with Crippen LogP contribution in [0, 0.1) is 5.92 Å². The van der Waals surface area contributed by atoms with Gasteiger partial charge in [0, 0.05) is 13.1 Å². The van der Waals surface area contributed by atoms with Gasteiger partial charge >= 0.3 is 6.18 Å². The van der Waals surface area contributed by atoms with Crippen LogP contribution in [0.5, 0.6) is 0 Å². The van der Waals surface area contributed by atoms with Crippen LogP contribution in [0.2, 0.25) is 0 Å². The summed E-state index contributed by atoms with van der Waals surface area (Å²) in [4.78, 5) is 13.3. The molecule has 0 aromatic heterocycles. The number of rotatable bonds is 4. The lowest BCUT2D eigenvalue weighted by atomic mass is 9.98. The maximum absolute atomic E-state index is 12.7. The number of carbonyl (C=O) groups is 1. The molecule has 0 aliphatic carbocycles. The average Bonchev–Trinajstić information content (AvgIpc) is 2.46. The minimum atomic E-state index is -4.38. The predicted octanol–water partition coefficient (Wildman–Crippen LogP) is 2.58. The number of piperidine rings is 1. The van der Waals surface area contributed by atoms with E-state index in [1.807, 2.05) is 0 Å². The lowest BCUT2D eigenvalue weighted by molar-refractivity contribution is -0.165. The second-order valence-corrected chi connectivity index (χ2v) is 5.34. The molecule has 0 saturated carbocycles. The number of hydrogen-bond acceptors (Lipinski definition) is 2. The maximum Gasteiger partial charge on any atom is 0.406 e. The van der Waals surface area contributed by atoms with Crippen molar-refractivity contribution in [2.24, 2.45) is 5.92 Å². The molecule has 1 heterocycles. The number of nitrogens with zero attached hydrogens (tertiary/aromatic N) is 1. The monoisotopic (exact) mass is 300 g/mol. The SMILES string of the molecule is O=C([C@H]1CCCNC1)N(Cc1ccccc1)CC(F)(F)F. The fraction of sp³-hybridized carbons (Fsp3) is 0.533. The van der Waals surface area contributed by atoms with Gasteiger partial charge in [-0.05, 0) is 24.9 Å². The molecule has 1 aliphatic rings. The molecule has 0 spiro atoms. The van der Waals surface area contributed by atoms with Crippen molar-refractivity contribution in [2.45, 2.75) is 25.6 Å². The van der Waals surface area contributed by atoms with E-state index in [1.165, 1.54) is 0 Å². The number of hydrogen-bond donors (Lipinski definition) is 1. The van der Waals surface area contributed by atoms with E-state index < -0.39 is 18.6 Å². The topological polar surface area (TPSA) is 32.3 Å². The van der Waals surface area contributed by atoms with Crippen molar-refractivity contribution in [3.8, 4) is 0 Å². The van der Waals surface area contributed by atoms with Crippen LogP contribution in [0.25, 0.3) is 0 Å². The van der Waals surface area contributed by atoms with Crippen LogP contribution < -0.4 is 5.32 Å². The molecule has 6 heteroatoms. The summed E-state index contributed by atoms with van der Waals surface area (Å²) < 4.78 is 38.2. The third-order valence-electron chi connectivity index (χ3n) is 3.54. The normalized spacial score (nSPS) is 19.3. The number of amides is 1. The van der Waals surface area contributed by atoms with Gasteiger partial charge in [0.25, 0.3) is 0 Å². The van der Waals surface area contributed by atoms with Crippen LogP contribution in [0.15, 0.2) is 30.3 Å². The standard InChI is InChI=1S/C15H19F3N2O/c16-15(17,18)11-20(10-12-5-2-1-3-6-12)14(21)13-7-4-8-19-9-13/h1-3,5-6,13,19H,4,7-11H2/t13-/m0/s1. The summed E-state index contributed by atoms with van der Waals surface area (Å²) in [6.07, 6.45) is -2.91. The predicted molar refractivity (Wildman–Crippen MR) is 73.5 cm³/mol. The summed E-state index contributed by atoms with van der Waals surface area (Å²) in [5.41, 5.74) is 0.707. The molecule has 3 nitrogen and oxygen atoms in total. The Labute approximate surface area is 122 Å². The molecule has 0 radical (unpaired) electrons. The first-order valence-corrected chi connectivity index (χ1v) is 7.06. The number of benzene rings is 1. The van der Waals surface area contributed by atoms with Gasteiger partial charge in [-0.2, -0.15) is 13.2 Å². The van der Waals surface area contributed by atoms with Crippen LogP contribution >= 0.6 is 0 Å². The molecule has 2 rings (SSSR count). The quantitative estimate of drug-likeness (QED) is 0.927. The first-order valence-electron chi connectivity index (χ1n) is 7.06. The van der Waals surface area contributed by atoms with Gasteiger partial charge in [0.05, 0.1) is 5.92 Å². The molecule has 1 N–H and O–H groups in total. The number of carbonyl (C=O) groups excluding carboxylic acids is 1. The highest BCUT2D eigenvalue weighted by Gasteiger charge is 2.35. The zero-order chi connectivity index (χ0) is 15.3. The highest BCUT2D eigenvalue weighted by atomic mass is 19.4. The Morgan fingerprint density at radius 3 is 2.57 bits per heavy atom. The molecule has 1 aliphatic heterocycles. The van der Waals surface area contributed by atoms with Crippen molar-refractivity contribution in [3.05, 3.63) is 35.9 Å². The first-order chi connectivity index (χ1) is 9.96. The third-order valence-corrected chi connectivity index (χ3v) is 3.54. The molecule has 1 amide bonds. The van der Waals surface area contributed by atoms with Crippen molar-refractivity contribution in [1.82, 2.24) is 10.2 Å². The molecule has 21 heavy (non-hydrogen) atoms. The average molecular weight is 300 g/mol. The van der Waals surface area contributed by atoms with Crippen molar-refractivity contribution >= 4 is 5.91 Å². The van der Waals surface area contributed by atoms with Crippen molar-refractivity contribution in [3.63, 3.8) is 0 Å². The summed E-state index contributed by atoms with van der Waals surface area (Å²) in [5.74, 6) is -0.770. The highest BCUT2D eigenvalue weighted by Crippen LogP contribution is 2.22. The van der Waals surface area contributed by atoms with Crippen LogP contribution in [0.3, 0.4) is 0 Å². The largest absolute Gasteiger partial charge is 0.406 e. The zero-order valence-corrected chi connectivity index (χ0v) is 11.7. The molecular weight excluding hydrogens is 281 g/mol. The Kier molecular flexibility index (Phi) is 5.22. The maximum atomic E-state index is 12.7. The van der Waals surface area contributed by atoms with Crippen molar-refractivity contribution < 1.29 is 18.0 Å². The fourth-order valence-electron chi connectivity index (χ4n) is 2.55. The summed E-state index contributed by atoms with van der Waals surface area (Å²) >= 11 is 0. The van der Waals surface area contributed by atoms with Gasteiger partial charge < -0.3 is 10.2 Å². The summed E-state index contributed by atoms with van der Waals surface area (Å²) in [7, 11) is 0. The first kappa shape index (κ1) is 15.8. The molecular formula is C15H19F3N2O. The van der Waals surface area contributed by atoms with Gasteiger partial charge in [-0.15, -0.1) is 0 Å². The Morgan fingerprint density at radius 1 is 1.29 bits per heavy atom. The van der Waals surface area contributed by atoms with Gasteiger partial charge in [-0.25, -0.2) is 0 Å². The fourth-order valence-corrected chi connectivity index (χ4v) is 2.55. The van der Waals surface area contributed by atoms with Gasteiger partial charge in [0.2, 0.25) is 5.91 Å². The second kappa shape index (κ2) is 6.93. The van der Waals surface area contributed by atoms with E-state index in [9.17, 15) is 18.0 Å². The number of nitrogens with one attached hydrogen (secondary N) is 1. The minimum Gasteiger partial charge on any atom is -0.329 e. The second-order valence-electron chi connectivity index (χ2n) is 5.34. The Balaban J connectivity index is 2.09.